The number of aryl methyl sites for hydroxylation is 1. The normalized spacial score (nSPS) is 11.2. The first-order valence-corrected chi connectivity index (χ1v) is 6.39. The molecule has 0 spiro atoms. The number of hydrogen-bond acceptors (Lipinski definition) is 5. The Bertz CT molecular complexity index is 519. The van der Waals surface area contributed by atoms with Crippen LogP contribution in [0.15, 0.2) is 28.8 Å². The van der Waals surface area contributed by atoms with Gasteiger partial charge in [-0.25, -0.2) is 0 Å². The molecule has 0 saturated heterocycles. The fourth-order valence-electron chi connectivity index (χ4n) is 1.76. The van der Waals surface area contributed by atoms with Crippen LogP contribution in [0, 0.1) is 6.92 Å². The van der Waals surface area contributed by atoms with E-state index >= 15 is 0 Å². The highest BCUT2D eigenvalue weighted by Gasteiger charge is 2.20. The molecule has 102 valence electrons. The van der Waals surface area contributed by atoms with E-state index in [1.165, 1.54) is 0 Å². The molecule has 0 bridgehead atoms. The Morgan fingerprint density at radius 3 is 2.47 bits per heavy atom. The van der Waals surface area contributed by atoms with Gasteiger partial charge in [0.1, 0.15) is 0 Å². The van der Waals surface area contributed by atoms with Crippen molar-refractivity contribution in [3.63, 3.8) is 0 Å². The number of aromatic nitrogens is 2. The molecule has 5 nitrogen and oxygen atoms in total. The summed E-state index contributed by atoms with van der Waals surface area (Å²) < 4.78 is 16.1. The minimum atomic E-state index is -0.597. The highest BCUT2D eigenvalue weighted by Crippen LogP contribution is 2.23. The van der Waals surface area contributed by atoms with Crippen LogP contribution in [-0.4, -0.2) is 23.4 Å². The molecule has 0 unspecified atom stereocenters. The van der Waals surface area contributed by atoms with Gasteiger partial charge in [0.2, 0.25) is 12.1 Å². The van der Waals surface area contributed by atoms with Crippen molar-refractivity contribution in [2.45, 2.75) is 27.1 Å². The molecule has 0 saturated carbocycles. The van der Waals surface area contributed by atoms with Gasteiger partial charge in [-0.15, -0.1) is 0 Å². The maximum absolute atomic E-state index is 5.43. The molecule has 2 aromatic rings. The molecule has 0 atom stereocenters. The molecule has 0 N–H and O–H groups in total. The van der Waals surface area contributed by atoms with Crippen molar-refractivity contribution in [3.8, 4) is 11.4 Å². The smallest absolute Gasteiger partial charge is 0.283 e. The average molecular weight is 262 g/mol. The maximum atomic E-state index is 5.43. The summed E-state index contributed by atoms with van der Waals surface area (Å²) in [6, 6.07) is 7.89. The zero-order valence-electron chi connectivity index (χ0n) is 11.4. The lowest BCUT2D eigenvalue weighted by Gasteiger charge is -2.11. The van der Waals surface area contributed by atoms with Crippen molar-refractivity contribution in [3.05, 3.63) is 35.7 Å². The molecule has 19 heavy (non-hydrogen) atoms. The molecule has 1 aromatic carbocycles. The van der Waals surface area contributed by atoms with E-state index in [0.717, 1.165) is 11.1 Å². The molecule has 1 aromatic heterocycles. The third-order valence-electron chi connectivity index (χ3n) is 2.67. The number of ether oxygens (including phenoxy) is 2. The summed E-state index contributed by atoms with van der Waals surface area (Å²) in [5.74, 6) is 0.902. The van der Waals surface area contributed by atoms with Gasteiger partial charge in [-0.2, -0.15) is 4.98 Å². The number of hydrogen-bond donors (Lipinski definition) is 0. The van der Waals surface area contributed by atoms with Gasteiger partial charge in [0.15, 0.2) is 0 Å². The Balaban J connectivity index is 2.25. The lowest BCUT2D eigenvalue weighted by atomic mass is 10.1. The van der Waals surface area contributed by atoms with Gasteiger partial charge < -0.3 is 14.0 Å². The Hall–Kier alpha value is -1.72. The molecule has 0 radical (unpaired) electrons. The first kappa shape index (κ1) is 13.7. The summed E-state index contributed by atoms with van der Waals surface area (Å²) in [5.41, 5.74) is 2.04. The molecule has 0 aliphatic rings. The SMILES string of the molecule is CCOC(OCC)c1nc(-c2ccccc2C)no1. The molecule has 1 heterocycles. The molecule has 0 fully saturated rings. The minimum Gasteiger partial charge on any atom is -0.345 e. The van der Waals surface area contributed by atoms with Crippen molar-refractivity contribution in [2.24, 2.45) is 0 Å². The van der Waals surface area contributed by atoms with Crippen LogP contribution in [0.1, 0.15) is 31.6 Å². The van der Waals surface area contributed by atoms with E-state index in [0.29, 0.717) is 24.9 Å². The van der Waals surface area contributed by atoms with Gasteiger partial charge in [0.05, 0.1) is 0 Å². The number of rotatable bonds is 6. The van der Waals surface area contributed by atoms with Crippen molar-refractivity contribution >= 4 is 0 Å². The summed E-state index contributed by atoms with van der Waals surface area (Å²) >= 11 is 0. The lowest BCUT2D eigenvalue weighted by molar-refractivity contribution is -0.155. The molecule has 0 aliphatic carbocycles. The largest absolute Gasteiger partial charge is 0.345 e. The van der Waals surface area contributed by atoms with Gasteiger partial charge in [-0.05, 0) is 26.3 Å². The Labute approximate surface area is 112 Å². The highest BCUT2D eigenvalue weighted by molar-refractivity contribution is 5.58. The predicted molar refractivity (Wildman–Crippen MR) is 70.5 cm³/mol. The van der Waals surface area contributed by atoms with Crippen molar-refractivity contribution in [1.82, 2.24) is 10.1 Å². The Morgan fingerprint density at radius 1 is 1.16 bits per heavy atom. The lowest BCUT2D eigenvalue weighted by Crippen LogP contribution is -2.09. The van der Waals surface area contributed by atoms with Crippen LogP contribution in [0.25, 0.3) is 11.4 Å². The maximum Gasteiger partial charge on any atom is 0.283 e. The van der Waals surface area contributed by atoms with Crippen LogP contribution >= 0.6 is 0 Å². The van der Waals surface area contributed by atoms with Gasteiger partial charge in [-0.1, -0.05) is 29.4 Å². The second-order valence-corrected chi connectivity index (χ2v) is 4.01. The van der Waals surface area contributed by atoms with E-state index in [-0.39, 0.29) is 0 Å². The van der Waals surface area contributed by atoms with E-state index in [4.69, 9.17) is 14.0 Å². The fraction of sp³-hybridized carbons (Fsp3) is 0.429. The zero-order valence-corrected chi connectivity index (χ0v) is 11.4. The van der Waals surface area contributed by atoms with Crippen molar-refractivity contribution in [1.29, 1.82) is 0 Å². The average Bonchev–Trinajstić information content (AvgIpc) is 2.88. The second kappa shape index (κ2) is 6.45. The quantitative estimate of drug-likeness (QED) is 0.749. The van der Waals surface area contributed by atoms with Crippen LogP contribution in [0.4, 0.5) is 0 Å². The van der Waals surface area contributed by atoms with Crippen LogP contribution < -0.4 is 0 Å². The molecule has 5 heteroatoms. The monoisotopic (exact) mass is 262 g/mol. The first-order chi connectivity index (χ1) is 9.26. The van der Waals surface area contributed by atoms with Crippen LogP contribution in [-0.2, 0) is 9.47 Å². The predicted octanol–water partition coefficient (Wildman–Crippen LogP) is 3.12. The van der Waals surface area contributed by atoms with Crippen molar-refractivity contribution < 1.29 is 14.0 Å². The first-order valence-electron chi connectivity index (χ1n) is 6.39. The second-order valence-electron chi connectivity index (χ2n) is 4.01. The molecular formula is C14H18N2O3. The van der Waals surface area contributed by atoms with E-state index < -0.39 is 6.29 Å². The Kier molecular flexibility index (Phi) is 4.65. The molecule has 0 aliphatic heterocycles. The van der Waals surface area contributed by atoms with Crippen LogP contribution in [0.5, 0.6) is 0 Å². The van der Waals surface area contributed by atoms with Crippen LogP contribution in [0.2, 0.25) is 0 Å². The molecule has 2 rings (SSSR count). The highest BCUT2D eigenvalue weighted by atomic mass is 16.7. The van der Waals surface area contributed by atoms with E-state index in [2.05, 4.69) is 10.1 Å². The van der Waals surface area contributed by atoms with Gasteiger partial charge in [0.25, 0.3) is 5.89 Å². The van der Waals surface area contributed by atoms with Gasteiger partial charge >= 0.3 is 0 Å². The summed E-state index contributed by atoms with van der Waals surface area (Å²) in [4.78, 5) is 4.35. The summed E-state index contributed by atoms with van der Waals surface area (Å²) in [7, 11) is 0. The fourth-order valence-corrected chi connectivity index (χ4v) is 1.76. The zero-order chi connectivity index (χ0) is 13.7. The summed E-state index contributed by atoms with van der Waals surface area (Å²) in [6.07, 6.45) is -0.597. The third kappa shape index (κ3) is 3.19. The van der Waals surface area contributed by atoms with Crippen molar-refractivity contribution in [2.75, 3.05) is 13.2 Å². The summed E-state index contributed by atoms with van der Waals surface area (Å²) in [5, 5.41) is 3.99. The summed E-state index contributed by atoms with van der Waals surface area (Å²) in [6.45, 7) is 6.84. The molecular weight excluding hydrogens is 244 g/mol. The minimum absolute atomic E-state index is 0.349. The van der Waals surface area contributed by atoms with E-state index in [1.807, 2.05) is 45.0 Å². The Morgan fingerprint density at radius 2 is 1.84 bits per heavy atom. The number of benzene rings is 1. The third-order valence-corrected chi connectivity index (χ3v) is 2.67. The standard InChI is InChI=1S/C14H18N2O3/c1-4-17-14(18-5-2)13-15-12(16-19-13)11-9-7-6-8-10(11)3/h6-9,14H,4-5H2,1-3H3. The van der Waals surface area contributed by atoms with Gasteiger partial charge in [-0.3, -0.25) is 0 Å². The van der Waals surface area contributed by atoms with Gasteiger partial charge in [0, 0.05) is 18.8 Å². The molecule has 0 amide bonds. The van der Waals surface area contributed by atoms with E-state index in [1.54, 1.807) is 0 Å². The number of nitrogens with zero attached hydrogens (tertiary/aromatic N) is 2. The van der Waals surface area contributed by atoms with Crippen LogP contribution in [0.3, 0.4) is 0 Å². The van der Waals surface area contributed by atoms with E-state index in [9.17, 15) is 0 Å². The topological polar surface area (TPSA) is 57.4 Å².